The first-order chi connectivity index (χ1) is 9.69. The lowest BCUT2D eigenvalue weighted by Gasteiger charge is -2.12. The van der Waals surface area contributed by atoms with Gasteiger partial charge in [0.1, 0.15) is 28.9 Å². The largest absolute Gasteiger partial charge is 0.456 e. The second-order valence-corrected chi connectivity index (χ2v) is 5.41. The van der Waals surface area contributed by atoms with Gasteiger partial charge in [-0.2, -0.15) is 5.26 Å². The maximum atomic E-state index is 13.1. The zero-order chi connectivity index (χ0) is 14.1. The summed E-state index contributed by atoms with van der Waals surface area (Å²) in [5, 5.41) is 19.2. The minimum Gasteiger partial charge on any atom is -0.456 e. The van der Waals surface area contributed by atoms with Crippen molar-refractivity contribution in [2.75, 3.05) is 5.75 Å². The number of aliphatic hydroxyl groups excluding tert-OH is 1. The Kier molecular flexibility index (Phi) is 3.35. The van der Waals surface area contributed by atoms with Crippen molar-refractivity contribution in [3.8, 4) is 17.6 Å². The second kappa shape index (κ2) is 5.16. The zero-order valence-corrected chi connectivity index (χ0v) is 11.2. The fourth-order valence-corrected chi connectivity index (χ4v) is 3.21. The molecule has 1 aliphatic heterocycles. The van der Waals surface area contributed by atoms with Gasteiger partial charge in [0, 0.05) is 22.3 Å². The van der Waals surface area contributed by atoms with E-state index >= 15 is 0 Å². The molecule has 0 spiro atoms. The van der Waals surface area contributed by atoms with Gasteiger partial charge in [-0.15, -0.1) is 11.8 Å². The van der Waals surface area contributed by atoms with E-state index in [4.69, 9.17) is 4.74 Å². The highest BCUT2D eigenvalue weighted by Crippen LogP contribution is 2.43. The third-order valence-corrected chi connectivity index (χ3v) is 4.18. The predicted octanol–water partition coefficient (Wildman–Crippen LogP) is 3.63. The first kappa shape index (κ1) is 13.0. The molecular formula is C15H10FNO2S. The van der Waals surface area contributed by atoms with Crippen LogP contribution in [0.15, 0.2) is 41.3 Å². The summed E-state index contributed by atoms with van der Waals surface area (Å²) in [7, 11) is 0. The topological polar surface area (TPSA) is 53.2 Å². The number of aliphatic hydroxyl groups is 1. The van der Waals surface area contributed by atoms with Crippen LogP contribution in [0.2, 0.25) is 0 Å². The van der Waals surface area contributed by atoms with Crippen LogP contribution in [-0.4, -0.2) is 10.9 Å². The molecule has 3 rings (SSSR count). The van der Waals surface area contributed by atoms with Gasteiger partial charge in [-0.25, -0.2) is 4.39 Å². The van der Waals surface area contributed by atoms with Crippen molar-refractivity contribution >= 4 is 11.8 Å². The summed E-state index contributed by atoms with van der Waals surface area (Å²) < 4.78 is 18.7. The SMILES string of the molecule is N#Cc1c(Oc2cccc(F)c2)ccc2c1C(O)CS2. The van der Waals surface area contributed by atoms with Crippen molar-refractivity contribution in [1.82, 2.24) is 0 Å². The molecular weight excluding hydrogens is 277 g/mol. The minimum atomic E-state index is -0.666. The molecule has 0 fully saturated rings. The van der Waals surface area contributed by atoms with Crippen LogP contribution in [-0.2, 0) is 0 Å². The molecule has 0 saturated carbocycles. The third-order valence-electron chi connectivity index (χ3n) is 3.03. The van der Waals surface area contributed by atoms with E-state index in [-0.39, 0.29) is 0 Å². The van der Waals surface area contributed by atoms with Crippen LogP contribution in [0.25, 0.3) is 0 Å². The lowest BCUT2D eigenvalue weighted by molar-refractivity contribution is 0.204. The van der Waals surface area contributed by atoms with Gasteiger partial charge in [0.2, 0.25) is 0 Å². The van der Waals surface area contributed by atoms with Gasteiger partial charge < -0.3 is 9.84 Å². The summed E-state index contributed by atoms with van der Waals surface area (Å²) in [5.74, 6) is 0.783. The number of fused-ring (bicyclic) bond motifs is 1. The smallest absolute Gasteiger partial charge is 0.145 e. The standard InChI is InChI=1S/C15H10FNO2S/c16-9-2-1-3-10(6-9)19-13-4-5-14-15(11(13)7-17)12(18)8-20-14/h1-6,12,18H,8H2. The number of hydrogen-bond donors (Lipinski definition) is 1. The number of ether oxygens (including phenoxy) is 1. The summed E-state index contributed by atoms with van der Waals surface area (Å²) in [6.45, 7) is 0. The normalized spacial score (nSPS) is 16.6. The van der Waals surface area contributed by atoms with Crippen molar-refractivity contribution in [2.45, 2.75) is 11.0 Å². The molecule has 0 amide bonds. The lowest BCUT2D eigenvalue weighted by atomic mass is 10.0. The highest BCUT2D eigenvalue weighted by Gasteiger charge is 2.27. The summed E-state index contributed by atoms with van der Waals surface area (Å²) in [4.78, 5) is 0.889. The fraction of sp³-hybridized carbons (Fsp3) is 0.133. The molecule has 5 heteroatoms. The molecule has 20 heavy (non-hydrogen) atoms. The molecule has 1 N–H and O–H groups in total. The van der Waals surface area contributed by atoms with E-state index in [2.05, 4.69) is 6.07 Å². The maximum Gasteiger partial charge on any atom is 0.145 e. The fourth-order valence-electron chi connectivity index (χ4n) is 2.15. The van der Waals surface area contributed by atoms with Crippen LogP contribution in [0.4, 0.5) is 4.39 Å². The third kappa shape index (κ3) is 2.24. The van der Waals surface area contributed by atoms with Crippen LogP contribution < -0.4 is 4.74 Å². The molecule has 1 unspecified atom stereocenters. The van der Waals surface area contributed by atoms with Gasteiger partial charge in [-0.1, -0.05) is 6.07 Å². The van der Waals surface area contributed by atoms with Crippen LogP contribution in [0.5, 0.6) is 11.5 Å². The molecule has 1 atom stereocenters. The summed E-state index contributed by atoms with van der Waals surface area (Å²) >= 11 is 1.51. The Hall–Kier alpha value is -2.03. The first-order valence-electron chi connectivity index (χ1n) is 6.00. The van der Waals surface area contributed by atoms with E-state index in [1.165, 1.54) is 30.0 Å². The van der Waals surface area contributed by atoms with Crippen molar-refractivity contribution in [3.05, 3.63) is 53.3 Å². The Balaban J connectivity index is 2.03. The summed E-state index contributed by atoms with van der Waals surface area (Å²) in [5.41, 5.74) is 0.913. The van der Waals surface area contributed by atoms with Gasteiger partial charge in [-0.05, 0) is 24.3 Å². The van der Waals surface area contributed by atoms with Gasteiger partial charge in [0.05, 0.1) is 6.10 Å². The van der Waals surface area contributed by atoms with Crippen LogP contribution >= 0.6 is 11.8 Å². The van der Waals surface area contributed by atoms with Crippen molar-refractivity contribution < 1.29 is 14.2 Å². The Bertz CT molecular complexity index is 712. The number of thioether (sulfide) groups is 1. The molecule has 1 heterocycles. The molecule has 100 valence electrons. The number of nitriles is 1. The highest BCUT2D eigenvalue weighted by molar-refractivity contribution is 7.99. The van der Waals surface area contributed by atoms with Gasteiger partial charge >= 0.3 is 0 Å². The molecule has 0 saturated heterocycles. The number of hydrogen-bond acceptors (Lipinski definition) is 4. The second-order valence-electron chi connectivity index (χ2n) is 4.35. The Morgan fingerprint density at radius 2 is 2.20 bits per heavy atom. The van der Waals surface area contributed by atoms with E-state index < -0.39 is 11.9 Å². The van der Waals surface area contributed by atoms with E-state index in [0.717, 1.165) is 4.90 Å². The zero-order valence-electron chi connectivity index (χ0n) is 10.3. The average Bonchev–Trinajstić information content (AvgIpc) is 2.81. The van der Waals surface area contributed by atoms with E-state index in [1.54, 1.807) is 12.1 Å². The molecule has 3 nitrogen and oxygen atoms in total. The Morgan fingerprint density at radius 1 is 1.35 bits per heavy atom. The van der Waals surface area contributed by atoms with E-state index in [0.29, 0.717) is 28.4 Å². The number of halogens is 1. The van der Waals surface area contributed by atoms with Crippen LogP contribution in [0, 0.1) is 17.1 Å². The molecule has 0 aliphatic carbocycles. The van der Waals surface area contributed by atoms with Crippen LogP contribution in [0.3, 0.4) is 0 Å². The van der Waals surface area contributed by atoms with Crippen molar-refractivity contribution in [2.24, 2.45) is 0 Å². The molecule has 1 aliphatic rings. The summed E-state index contributed by atoms with van der Waals surface area (Å²) in [6, 6.07) is 11.3. The number of nitrogens with zero attached hydrogens (tertiary/aromatic N) is 1. The van der Waals surface area contributed by atoms with E-state index in [9.17, 15) is 14.8 Å². The number of rotatable bonds is 2. The van der Waals surface area contributed by atoms with E-state index in [1.807, 2.05) is 6.07 Å². The predicted molar refractivity (Wildman–Crippen MR) is 73.3 cm³/mol. The van der Waals surface area contributed by atoms with Gasteiger partial charge in [-0.3, -0.25) is 0 Å². The van der Waals surface area contributed by atoms with Gasteiger partial charge in [0.15, 0.2) is 0 Å². The highest BCUT2D eigenvalue weighted by atomic mass is 32.2. The lowest BCUT2D eigenvalue weighted by Crippen LogP contribution is -2.00. The first-order valence-corrected chi connectivity index (χ1v) is 6.99. The maximum absolute atomic E-state index is 13.1. The molecule has 0 radical (unpaired) electrons. The van der Waals surface area contributed by atoms with Crippen molar-refractivity contribution in [1.29, 1.82) is 5.26 Å². The average molecular weight is 287 g/mol. The Morgan fingerprint density at radius 3 is 2.95 bits per heavy atom. The number of benzene rings is 2. The molecule has 2 aromatic carbocycles. The molecule has 0 aromatic heterocycles. The summed E-state index contributed by atoms with van der Waals surface area (Å²) in [6.07, 6.45) is -0.666. The Labute approximate surface area is 119 Å². The van der Waals surface area contributed by atoms with Crippen LogP contribution in [0.1, 0.15) is 17.2 Å². The van der Waals surface area contributed by atoms with Gasteiger partial charge in [0.25, 0.3) is 0 Å². The molecule has 2 aromatic rings. The monoisotopic (exact) mass is 287 g/mol. The van der Waals surface area contributed by atoms with Crippen molar-refractivity contribution in [3.63, 3.8) is 0 Å². The molecule has 0 bridgehead atoms. The quantitative estimate of drug-likeness (QED) is 0.916. The minimum absolute atomic E-state index is 0.310.